The lowest BCUT2D eigenvalue weighted by Gasteiger charge is -2.46. The van der Waals surface area contributed by atoms with E-state index in [-0.39, 0.29) is 44.4 Å². The van der Waals surface area contributed by atoms with Gasteiger partial charge in [0.25, 0.3) is 0 Å². The minimum Gasteiger partial charge on any atom is -0.462 e. The number of ketones is 1. The highest BCUT2D eigenvalue weighted by molar-refractivity contribution is 5.78. The Morgan fingerprint density at radius 1 is 0.635 bits per heavy atom. The quantitative estimate of drug-likeness (QED) is 0.177. The van der Waals surface area contributed by atoms with Crippen molar-refractivity contribution in [2.24, 2.45) is 23.5 Å². The van der Waals surface area contributed by atoms with Crippen LogP contribution in [-0.4, -0.2) is 149 Å². The van der Waals surface area contributed by atoms with Crippen molar-refractivity contribution in [3.63, 3.8) is 0 Å². The molecular weight excluding hydrogens is 819 g/mol. The zero-order chi connectivity index (χ0) is 46.9. The van der Waals surface area contributed by atoms with Crippen LogP contribution in [0.2, 0.25) is 0 Å². The molecule has 0 amide bonds. The average Bonchev–Trinajstić information content (AvgIpc) is 3.21. The highest BCUT2D eigenvalue weighted by atomic mass is 16.7. The van der Waals surface area contributed by atoms with Crippen LogP contribution < -0.4 is 5.73 Å². The maximum atomic E-state index is 12.7. The Balaban J connectivity index is 1.81. The molecule has 16 nitrogen and oxygen atoms in total. The van der Waals surface area contributed by atoms with Gasteiger partial charge in [0.15, 0.2) is 12.1 Å². The number of rotatable bonds is 2. The van der Waals surface area contributed by atoms with Crippen LogP contribution in [0.15, 0.2) is 85.1 Å². The first-order chi connectivity index (χ1) is 29.7. The third-order valence-corrected chi connectivity index (χ3v) is 12.0. The highest BCUT2D eigenvalue weighted by Crippen LogP contribution is 2.37. The standard InChI is InChI=1S/C47H73NO15/c1-28-18-16-14-12-10-8-6-7-9-11-13-15-17-19-36(62-46-45(58)42(48)44(57)32(5)61-46)25-40-30(3)38(53)26-47(59,63-40)27-39(54)37(52)21-20-33(49)22-34(50)23-35(51)24-41(55)60-31(4)29(2)43(28)56/h6-19,28-32,34-40,42-46,50-54,56-59H,20-27,48H2,1-5H3/b7-6+,10-8+,11-9+,14-12+,15-13+,18-16+,19-17+/t28-,29-,30?,31-,32?,34?,35?,36?,37+,38-,39?,40?,42?,43?,44?,45?,46?,47-/m0/s1. The first kappa shape index (κ1) is 54.1. The van der Waals surface area contributed by atoms with Gasteiger partial charge in [-0.25, -0.2) is 0 Å². The van der Waals surface area contributed by atoms with Crippen molar-refractivity contribution in [1.82, 2.24) is 0 Å². The number of fused-ring (bicyclic) bond motifs is 2. The molecule has 3 rings (SSSR count). The molecular formula is C47H73NO15. The molecule has 3 aliphatic rings. The first-order valence-corrected chi connectivity index (χ1v) is 22.0. The van der Waals surface area contributed by atoms with Crippen molar-refractivity contribution < 1.29 is 74.5 Å². The van der Waals surface area contributed by atoms with Crippen molar-refractivity contribution in [3.8, 4) is 0 Å². The minimum atomic E-state index is -2.10. The number of hydrogen-bond donors (Lipinski definition) is 10. The van der Waals surface area contributed by atoms with Gasteiger partial charge in [-0.1, -0.05) is 106 Å². The predicted octanol–water partition coefficient (Wildman–Crippen LogP) is 1.86. The molecule has 16 heteroatoms. The molecule has 2 fully saturated rings. The average molecular weight is 892 g/mol. The summed E-state index contributed by atoms with van der Waals surface area (Å²) in [6.45, 7) is 8.55. The molecule has 2 saturated heterocycles. The van der Waals surface area contributed by atoms with Gasteiger partial charge in [-0.2, -0.15) is 0 Å². The van der Waals surface area contributed by atoms with Gasteiger partial charge in [-0.3, -0.25) is 9.59 Å². The fraction of sp³-hybridized carbons (Fsp3) is 0.660. The lowest BCUT2D eigenvalue weighted by atomic mass is 9.83. The minimum absolute atomic E-state index is 0.0312. The van der Waals surface area contributed by atoms with Crippen LogP contribution in [0, 0.1) is 17.8 Å². The molecule has 0 aliphatic carbocycles. The normalized spacial score (nSPS) is 45.5. The number of allylic oxidation sites excluding steroid dienone is 12. The van der Waals surface area contributed by atoms with Crippen LogP contribution in [0.5, 0.6) is 0 Å². The van der Waals surface area contributed by atoms with Gasteiger partial charge < -0.3 is 70.6 Å². The summed E-state index contributed by atoms with van der Waals surface area (Å²) < 4.78 is 23.5. The van der Waals surface area contributed by atoms with Gasteiger partial charge in [0, 0.05) is 56.3 Å². The molecule has 12 unspecified atom stereocenters. The SMILES string of the molecule is CC1OC(OC2/C=C/C=C/C=C/C=C/C=C/C=C/C=C/[C@H](C)C(O)[C@@H](C)[C@H](C)OC(=O)CC(O)CC(O)CC(=O)CC[C@@H](O)C(O)C[C@]3(O)C[C@H](O)C(C)C(C2)O3)C(O)C(N)C1O. The maximum absolute atomic E-state index is 12.7. The molecule has 0 aromatic rings. The molecule has 0 spiro atoms. The fourth-order valence-electron chi connectivity index (χ4n) is 7.66. The molecule has 2 bridgehead atoms. The van der Waals surface area contributed by atoms with Gasteiger partial charge in [-0.05, 0) is 20.3 Å². The number of ether oxygens (including phenoxy) is 4. The first-order valence-electron chi connectivity index (χ1n) is 22.0. The molecule has 3 aliphatic heterocycles. The molecule has 63 heavy (non-hydrogen) atoms. The lowest BCUT2D eigenvalue weighted by molar-refractivity contribution is -0.310. The van der Waals surface area contributed by atoms with E-state index in [0.717, 1.165) is 0 Å². The Morgan fingerprint density at radius 3 is 1.78 bits per heavy atom. The second-order valence-corrected chi connectivity index (χ2v) is 17.4. The largest absolute Gasteiger partial charge is 0.462 e. The van der Waals surface area contributed by atoms with Gasteiger partial charge in [0.2, 0.25) is 0 Å². The van der Waals surface area contributed by atoms with Gasteiger partial charge >= 0.3 is 5.97 Å². The van der Waals surface area contributed by atoms with E-state index < -0.39 is 128 Å². The molecule has 0 aromatic heterocycles. The van der Waals surface area contributed by atoms with Gasteiger partial charge in [-0.15, -0.1) is 0 Å². The molecule has 0 radical (unpaired) electrons. The molecule has 11 N–H and O–H groups in total. The summed E-state index contributed by atoms with van der Waals surface area (Å²) in [6, 6.07) is -1.06. The Labute approximate surface area is 371 Å². The van der Waals surface area contributed by atoms with Crippen LogP contribution in [0.3, 0.4) is 0 Å². The molecule has 0 saturated carbocycles. The van der Waals surface area contributed by atoms with Crippen LogP contribution in [0.25, 0.3) is 0 Å². The molecule has 18 atom stereocenters. The zero-order valence-electron chi connectivity index (χ0n) is 37.1. The van der Waals surface area contributed by atoms with Crippen molar-refractivity contribution >= 4 is 11.8 Å². The maximum Gasteiger partial charge on any atom is 0.308 e. The number of aliphatic hydroxyl groups is 9. The Morgan fingerprint density at radius 2 is 1.17 bits per heavy atom. The number of hydrogen-bond acceptors (Lipinski definition) is 16. The lowest BCUT2D eigenvalue weighted by Crippen LogP contribution is -2.61. The number of nitrogens with two attached hydrogens (primary N) is 1. The summed E-state index contributed by atoms with van der Waals surface area (Å²) >= 11 is 0. The second kappa shape index (κ2) is 26.7. The van der Waals surface area contributed by atoms with E-state index in [1.165, 1.54) is 0 Å². The number of aliphatic hydroxyl groups excluding tert-OH is 8. The molecule has 356 valence electrons. The van der Waals surface area contributed by atoms with E-state index in [1.54, 1.807) is 58.1 Å². The number of carbonyl (C=O) groups excluding carboxylic acids is 2. The van der Waals surface area contributed by atoms with Crippen molar-refractivity contribution in [1.29, 1.82) is 0 Å². The highest BCUT2D eigenvalue weighted by Gasteiger charge is 2.47. The van der Waals surface area contributed by atoms with Crippen molar-refractivity contribution in [2.45, 2.75) is 177 Å². The zero-order valence-corrected chi connectivity index (χ0v) is 37.1. The summed E-state index contributed by atoms with van der Waals surface area (Å²) in [5.74, 6) is -4.56. The van der Waals surface area contributed by atoms with Crippen LogP contribution >= 0.6 is 0 Å². The number of carbonyl (C=O) groups is 2. The third-order valence-electron chi connectivity index (χ3n) is 12.0. The van der Waals surface area contributed by atoms with Gasteiger partial charge in [0.05, 0.1) is 73.5 Å². The summed E-state index contributed by atoms with van der Waals surface area (Å²) in [5, 5.41) is 97.3. The predicted molar refractivity (Wildman–Crippen MR) is 234 cm³/mol. The smallest absolute Gasteiger partial charge is 0.308 e. The molecule has 0 aromatic carbocycles. The van der Waals surface area contributed by atoms with E-state index in [1.807, 2.05) is 61.6 Å². The Kier molecular flexibility index (Phi) is 22.9. The summed E-state index contributed by atoms with van der Waals surface area (Å²) in [5.41, 5.74) is 6.05. The summed E-state index contributed by atoms with van der Waals surface area (Å²) in [6.07, 6.45) is 8.19. The van der Waals surface area contributed by atoms with E-state index in [9.17, 15) is 55.5 Å². The van der Waals surface area contributed by atoms with Crippen LogP contribution in [0.1, 0.15) is 86.0 Å². The van der Waals surface area contributed by atoms with Gasteiger partial charge in [0.1, 0.15) is 18.0 Å². The number of cyclic esters (lactones) is 1. The van der Waals surface area contributed by atoms with Crippen LogP contribution in [-0.2, 0) is 28.5 Å². The summed E-state index contributed by atoms with van der Waals surface area (Å²) in [7, 11) is 0. The monoisotopic (exact) mass is 891 g/mol. The van der Waals surface area contributed by atoms with Crippen molar-refractivity contribution in [2.75, 3.05) is 0 Å². The van der Waals surface area contributed by atoms with Crippen molar-refractivity contribution in [3.05, 3.63) is 85.1 Å². The van der Waals surface area contributed by atoms with E-state index in [2.05, 4.69) is 0 Å². The second-order valence-electron chi connectivity index (χ2n) is 17.4. The van der Waals surface area contributed by atoms with E-state index in [4.69, 9.17) is 24.7 Å². The van der Waals surface area contributed by atoms with E-state index >= 15 is 0 Å². The number of esters is 1. The Hall–Kier alpha value is -3.20. The Bertz CT molecular complexity index is 1610. The fourth-order valence-corrected chi connectivity index (χ4v) is 7.66. The summed E-state index contributed by atoms with van der Waals surface area (Å²) in [4.78, 5) is 25.3. The van der Waals surface area contributed by atoms with Crippen LogP contribution in [0.4, 0.5) is 0 Å². The van der Waals surface area contributed by atoms with E-state index in [0.29, 0.717) is 0 Å². The number of Topliss-reactive ketones (excluding diaryl/α,β-unsaturated/α-hetero) is 1. The molecule has 3 heterocycles. The topological polar surface area (TPSA) is 279 Å². The third kappa shape index (κ3) is 18.3.